The normalized spacial score (nSPS) is 9.93. The molecule has 0 radical (unpaired) electrons. The standard InChI is InChI=1S/C11H14ClNO/c1-8(5-6-13)9-3-4-10(12)11(7-9)14-2/h3-4,7H,1,5-6,13H2,2H3. The number of nitrogens with two attached hydrogens (primary N) is 1. The molecule has 0 bridgehead atoms. The molecule has 0 fully saturated rings. The van der Waals surface area contributed by atoms with Crippen LogP contribution in [0.4, 0.5) is 0 Å². The second kappa shape index (κ2) is 5.03. The lowest BCUT2D eigenvalue weighted by atomic mass is 10.0. The first-order valence-electron chi connectivity index (χ1n) is 4.40. The van der Waals surface area contributed by atoms with E-state index < -0.39 is 0 Å². The first-order chi connectivity index (χ1) is 6.69. The highest BCUT2D eigenvalue weighted by atomic mass is 35.5. The Morgan fingerprint density at radius 1 is 1.57 bits per heavy atom. The van der Waals surface area contributed by atoms with Crippen molar-refractivity contribution in [2.75, 3.05) is 13.7 Å². The third-order valence-corrected chi connectivity index (χ3v) is 2.32. The average Bonchev–Trinajstić information content (AvgIpc) is 2.19. The van der Waals surface area contributed by atoms with Gasteiger partial charge in [-0.05, 0) is 36.2 Å². The summed E-state index contributed by atoms with van der Waals surface area (Å²) >= 11 is 5.90. The topological polar surface area (TPSA) is 35.2 Å². The Kier molecular flexibility index (Phi) is 3.98. The van der Waals surface area contributed by atoms with Crippen LogP contribution in [0.3, 0.4) is 0 Å². The summed E-state index contributed by atoms with van der Waals surface area (Å²) in [4.78, 5) is 0. The molecule has 2 N–H and O–H groups in total. The Morgan fingerprint density at radius 3 is 2.86 bits per heavy atom. The fourth-order valence-corrected chi connectivity index (χ4v) is 1.39. The van der Waals surface area contributed by atoms with Gasteiger partial charge in [0, 0.05) is 0 Å². The summed E-state index contributed by atoms with van der Waals surface area (Å²) in [5.74, 6) is 0.669. The smallest absolute Gasteiger partial charge is 0.138 e. The van der Waals surface area contributed by atoms with E-state index in [-0.39, 0.29) is 0 Å². The first-order valence-corrected chi connectivity index (χ1v) is 4.78. The highest BCUT2D eigenvalue weighted by molar-refractivity contribution is 6.32. The Hall–Kier alpha value is -0.990. The molecule has 14 heavy (non-hydrogen) atoms. The SMILES string of the molecule is C=C(CCN)c1ccc(Cl)c(OC)c1. The highest BCUT2D eigenvalue weighted by Gasteiger charge is 2.03. The van der Waals surface area contributed by atoms with Crippen LogP contribution in [0.1, 0.15) is 12.0 Å². The van der Waals surface area contributed by atoms with Crippen molar-refractivity contribution in [1.29, 1.82) is 0 Å². The molecule has 3 heteroatoms. The Bertz CT molecular complexity index is 336. The predicted molar refractivity (Wildman–Crippen MR) is 60.7 cm³/mol. The third kappa shape index (κ3) is 2.50. The van der Waals surface area contributed by atoms with Gasteiger partial charge in [-0.1, -0.05) is 24.2 Å². The zero-order chi connectivity index (χ0) is 10.6. The molecule has 1 aromatic rings. The van der Waals surface area contributed by atoms with Gasteiger partial charge in [-0.15, -0.1) is 0 Å². The van der Waals surface area contributed by atoms with Gasteiger partial charge in [-0.3, -0.25) is 0 Å². The number of halogens is 1. The largest absolute Gasteiger partial charge is 0.495 e. The van der Waals surface area contributed by atoms with Crippen LogP contribution in [0.25, 0.3) is 5.57 Å². The Labute approximate surface area is 89.3 Å². The van der Waals surface area contributed by atoms with Crippen molar-refractivity contribution >= 4 is 17.2 Å². The minimum atomic E-state index is 0.601. The van der Waals surface area contributed by atoms with Crippen molar-refractivity contribution in [3.63, 3.8) is 0 Å². The van der Waals surface area contributed by atoms with E-state index in [9.17, 15) is 0 Å². The monoisotopic (exact) mass is 211 g/mol. The second-order valence-electron chi connectivity index (χ2n) is 2.99. The first kappa shape index (κ1) is 11.1. The van der Waals surface area contributed by atoms with Crippen molar-refractivity contribution in [1.82, 2.24) is 0 Å². The van der Waals surface area contributed by atoms with Crippen LogP contribution >= 0.6 is 11.6 Å². The van der Waals surface area contributed by atoms with Gasteiger partial charge in [-0.2, -0.15) is 0 Å². The molecule has 76 valence electrons. The quantitative estimate of drug-likeness (QED) is 0.831. The molecule has 0 saturated carbocycles. The van der Waals surface area contributed by atoms with Gasteiger partial charge in [-0.25, -0.2) is 0 Å². The van der Waals surface area contributed by atoms with Gasteiger partial charge < -0.3 is 10.5 Å². The number of benzene rings is 1. The molecule has 1 aromatic carbocycles. The summed E-state index contributed by atoms with van der Waals surface area (Å²) in [7, 11) is 1.59. The van der Waals surface area contributed by atoms with Crippen molar-refractivity contribution in [3.05, 3.63) is 35.4 Å². The number of hydrogen-bond acceptors (Lipinski definition) is 2. The third-order valence-electron chi connectivity index (χ3n) is 2.01. The Balaban J connectivity index is 2.94. The predicted octanol–water partition coefficient (Wildman–Crippen LogP) is 2.71. The summed E-state index contributed by atoms with van der Waals surface area (Å²) in [6.45, 7) is 4.54. The lowest BCUT2D eigenvalue weighted by molar-refractivity contribution is 0.415. The molecule has 0 unspecified atom stereocenters. The van der Waals surface area contributed by atoms with E-state index in [1.54, 1.807) is 13.2 Å². The molecule has 0 aliphatic heterocycles. The van der Waals surface area contributed by atoms with Crippen molar-refractivity contribution in [3.8, 4) is 5.75 Å². The molecule has 0 spiro atoms. The van der Waals surface area contributed by atoms with Gasteiger partial charge in [0.1, 0.15) is 5.75 Å². The molecular weight excluding hydrogens is 198 g/mol. The number of rotatable bonds is 4. The molecule has 0 atom stereocenters. The fraction of sp³-hybridized carbons (Fsp3) is 0.273. The zero-order valence-corrected chi connectivity index (χ0v) is 8.97. The van der Waals surface area contributed by atoms with Gasteiger partial charge in [0.05, 0.1) is 12.1 Å². The molecule has 0 aliphatic rings. The number of hydrogen-bond donors (Lipinski definition) is 1. The van der Waals surface area contributed by atoms with E-state index in [4.69, 9.17) is 22.1 Å². The highest BCUT2D eigenvalue weighted by Crippen LogP contribution is 2.28. The van der Waals surface area contributed by atoms with E-state index in [2.05, 4.69) is 6.58 Å². The maximum absolute atomic E-state index is 5.90. The summed E-state index contributed by atoms with van der Waals surface area (Å²) in [5.41, 5.74) is 7.48. The fourth-order valence-electron chi connectivity index (χ4n) is 1.20. The second-order valence-corrected chi connectivity index (χ2v) is 3.40. The average molecular weight is 212 g/mol. The van der Waals surface area contributed by atoms with Gasteiger partial charge in [0.2, 0.25) is 0 Å². The van der Waals surface area contributed by atoms with Crippen molar-refractivity contribution in [2.45, 2.75) is 6.42 Å². The van der Waals surface area contributed by atoms with E-state index in [0.717, 1.165) is 17.6 Å². The lowest BCUT2D eigenvalue weighted by Crippen LogP contribution is -1.99. The van der Waals surface area contributed by atoms with E-state index >= 15 is 0 Å². The zero-order valence-electron chi connectivity index (χ0n) is 8.22. The molecule has 1 rings (SSSR count). The molecule has 0 aromatic heterocycles. The van der Waals surface area contributed by atoms with Crippen LogP contribution in [0, 0.1) is 0 Å². The molecular formula is C11H14ClNO. The minimum Gasteiger partial charge on any atom is -0.495 e. The minimum absolute atomic E-state index is 0.601. The summed E-state index contributed by atoms with van der Waals surface area (Å²) < 4.78 is 5.11. The van der Waals surface area contributed by atoms with Gasteiger partial charge in [0.25, 0.3) is 0 Å². The number of methoxy groups -OCH3 is 1. The van der Waals surface area contributed by atoms with Crippen LogP contribution in [0.2, 0.25) is 5.02 Å². The molecule has 0 amide bonds. The van der Waals surface area contributed by atoms with E-state index in [0.29, 0.717) is 17.3 Å². The maximum Gasteiger partial charge on any atom is 0.138 e. The van der Waals surface area contributed by atoms with Gasteiger partial charge in [0.15, 0.2) is 0 Å². The van der Waals surface area contributed by atoms with Crippen molar-refractivity contribution in [2.24, 2.45) is 5.73 Å². The van der Waals surface area contributed by atoms with Crippen LogP contribution in [-0.2, 0) is 0 Å². The molecule has 0 aliphatic carbocycles. The van der Waals surface area contributed by atoms with Gasteiger partial charge >= 0.3 is 0 Å². The number of ether oxygens (including phenoxy) is 1. The van der Waals surface area contributed by atoms with Crippen molar-refractivity contribution < 1.29 is 4.74 Å². The maximum atomic E-state index is 5.90. The summed E-state index contributed by atoms with van der Waals surface area (Å²) in [5, 5.41) is 0.608. The van der Waals surface area contributed by atoms with Crippen LogP contribution in [0.15, 0.2) is 24.8 Å². The van der Waals surface area contributed by atoms with Crippen LogP contribution in [-0.4, -0.2) is 13.7 Å². The van der Waals surface area contributed by atoms with E-state index in [1.807, 2.05) is 12.1 Å². The van der Waals surface area contributed by atoms with Crippen LogP contribution in [0.5, 0.6) is 5.75 Å². The Morgan fingerprint density at radius 2 is 2.29 bits per heavy atom. The lowest BCUT2D eigenvalue weighted by Gasteiger charge is -2.08. The summed E-state index contributed by atoms with van der Waals surface area (Å²) in [6, 6.07) is 5.60. The molecule has 2 nitrogen and oxygen atoms in total. The van der Waals surface area contributed by atoms with E-state index in [1.165, 1.54) is 0 Å². The van der Waals surface area contributed by atoms with Crippen LogP contribution < -0.4 is 10.5 Å². The molecule has 0 heterocycles. The summed E-state index contributed by atoms with van der Waals surface area (Å²) in [6.07, 6.45) is 0.783. The molecule has 0 saturated heterocycles.